The highest BCUT2D eigenvalue weighted by Crippen LogP contribution is 2.32. The minimum absolute atomic E-state index is 0.0387. The first kappa shape index (κ1) is 23.6. The smallest absolute Gasteiger partial charge is 0.342 e. The standard InChI is InChI=1S/C23H21Cl2NO4S/c1-23(22(27)28,30-14-13-16-7-3-2-4-8-16)20-12-5-9-17(26-20)15-31(29)21-18(24)10-6-11-19(21)25/h2-12H,13-15H2,1H3,(H,27,28). The van der Waals surface area contributed by atoms with Crippen LogP contribution in [-0.2, 0) is 38.5 Å². The van der Waals surface area contributed by atoms with Crippen molar-refractivity contribution in [2.45, 2.75) is 29.6 Å². The van der Waals surface area contributed by atoms with Gasteiger partial charge in [-0.05, 0) is 54.3 Å². The van der Waals surface area contributed by atoms with Gasteiger partial charge in [0, 0.05) is 0 Å². The predicted molar refractivity (Wildman–Crippen MR) is 122 cm³/mol. The van der Waals surface area contributed by atoms with Gasteiger partial charge in [0.15, 0.2) is 10.6 Å². The number of carboxylic acid groups (broad SMARTS) is 1. The number of aromatic nitrogens is 1. The molecule has 0 saturated carbocycles. The molecule has 0 fully saturated rings. The molecule has 0 spiro atoms. The second kappa shape index (κ2) is 10.5. The number of pyridine rings is 1. The number of rotatable bonds is 9. The van der Waals surface area contributed by atoms with Crippen molar-refractivity contribution in [3.8, 4) is 0 Å². The molecular weight excluding hydrogens is 457 g/mol. The Hall–Kier alpha value is -2.09. The minimum Gasteiger partial charge on any atom is -0.611 e. The Labute approximate surface area is 194 Å². The van der Waals surface area contributed by atoms with Gasteiger partial charge in [0.05, 0.1) is 28.0 Å². The maximum Gasteiger partial charge on any atom is 0.342 e. The van der Waals surface area contributed by atoms with Gasteiger partial charge in [0.2, 0.25) is 5.60 Å². The quantitative estimate of drug-likeness (QED) is 0.425. The van der Waals surface area contributed by atoms with E-state index in [4.69, 9.17) is 27.9 Å². The number of aliphatic carboxylic acids is 1. The lowest BCUT2D eigenvalue weighted by Crippen LogP contribution is -2.37. The van der Waals surface area contributed by atoms with Crippen molar-refractivity contribution in [2.24, 2.45) is 0 Å². The zero-order valence-electron chi connectivity index (χ0n) is 16.8. The van der Waals surface area contributed by atoms with Gasteiger partial charge in [-0.1, -0.05) is 65.7 Å². The maximum atomic E-state index is 12.8. The average molecular weight is 478 g/mol. The van der Waals surface area contributed by atoms with Crippen LogP contribution in [0.2, 0.25) is 10.0 Å². The summed E-state index contributed by atoms with van der Waals surface area (Å²) in [4.78, 5) is 16.8. The van der Waals surface area contributed by atoms with Gasteiger partial charge in [-0.2, -0.15) is 0 Å². The van der Waals surface area contributed by atoms with Gasteiger partial charge >= 0.3 is 5.97 Å². The third kappa shape index (κ3) is 5.79. The SMILES string of the molecule is CC(OCCc1ccccc1)(C(=O)O)c1cccc(C[S+]([O-])c2c(Cl)cccc2Cl)n1. The molecule has 0 aliphatic carbocycles. The van der Waals surface area contributed by atoms with E-state index >= 15 is 0 Å². The van der Waals surface area contributed by atoms with Crippen molar-refractivity contribution < 1.29 is 19.2 Å². The Morgan fingerprint density at radius 2 is 1.71 bits per heavy atom. The summed E-state index contributed by atoms with van der Waals surface area (Å²) >= 11 is 10.7. The summed E-state index contributed by atoms with van der Waals surface area (Å²) in [5.41, 5.74) is 0.0802. The molecular formula is C23H21Cl2NO4S. The number of halogens is 2. The Balaban J connectivity index is 1.77. The largest absolute Gasteiger partial charge is 0.611 e. The van der Waals surface area contributed by atoms with Gasteiger partial charge in [-0.15, -0.1) is 0 Å². The van der Waals surface area contributed by atoms with Crippen LogP contribution in [0.1, 0.15) is 23.9 Å². The van der Waals surface area contributed by atoms with Crippen LogP contribution in [-0.4, -0.2) is 27.2 Å². The van der Waals surface area contributed by atoms with E-state index in [0.29, 0.717) is 27.1 Å². The van der Waals surface area contributed by atoms with E-state index in [1.165, 1.54) is 6.92 Å². The normalized spacial score (nSPS) is 14.1. The van der Waals surface area contributed by atoms with E-state index < -0.39 is 22.7 Å². The number of carbonyl (C=O) groups is 1. The highest BCUT2D eigenvalue weighted by atomic mass is 35.5. The minimum atomic E-state index is -1.64. The first-order valence-electron chi connectivity index (χ1n) is 9.51. The average Bonchev–Trinajstić information content (AvgIpc) is 2.74. The molecule has 2 aromatic carbocycles. The molecule has 0 saturated heterocycles. The van der Waals surface area contributed by atoms with Crippen LogP contribution in [0, 0.1) is 0 Å². The molecule has 2 atom stereocenters. The number of hydrogen-bond acceptors (Lipinski definition) is 4. The molecule has 2 unspecified atom stereocenters. The van der Waals surface area contributed by atoms with Crippen molar-refractivity contribution in [1.82, 2.24) is 4.98 Å². The summed E-state index contributed by atoms with van der Waals surface area (Å²) in [6.45, 7) is 1.67. The zero-order chi connectivity index (χ0) is 22.4. The third-order valence-corrected chi connectivity index (χ3v) is 7.06. The Morgan fingerprint density at radius 1 is 1.06 bits per heavy atom. The lowest BCUT2D eigenvalue weighted by Gasteiger charge is -2.25. The lowest BCUT2D eigenvalue weighted by atomic mass is 10.0. The maximum absolute atomic E-state index is 12.8. The molecule has 5 nitrogen and oxygen atoms in total. The van der Waals surface area contributed by atoms with Crippen molar-refractivity contribution in [2.75, 3.05) is 6.61 Å². The monoisotopic (exact) mass is 477 g/mol. The van der Waals surface area contributed by atoms with Crippen LogP contribution in [0.25, 0.3) is 0 Å². The molecule has 0 radical (unpaired) electrons. The van der Waals surface area contributed by atoms with Crippen LogP contribution in [0.5, 0.6) is 0 Å². The van der Waals surface area contributed by atoms with E-state index in [-0.39, 0.29) is 18.1 Å². The molecule has 3 rings (SSSR count). The van der Waals surface area contributed by atoms with Gasteiger partial charge in [-0.25, -0.2) is 9.78 Å². The van der Waals surface area contributed by atoms with Crippen molar-refractivity contribution in [3.63, 3.8) is 0 Å². The predicted octanol–water partition coefficient (Wildman–Crippen LogP) is 5.26. The van der Waals surface area contributed by atoms with E-state index in [9.17, 15) is 14.5 Å². The first-order valence-corrected chi connectivity index (χ1v) is 11.6. The van der Waals surface area contributed by atoms with Crippen LogP contribution in [0.3, 0.4) is 0 Å². The highest BCUT2D eigenvalue weighted by Gasteiger charge is 2.38. The summed E-state index contributed by atoms with van der Waals surface area (Å²) in [7, 11) is 0. The molecule has 3 aromatic rings. The summed E-state index contributed by atoms with van der Waals surface area (Å²) < 4.78 is 18.6. The molecule has 8 heteroatoms. The number of carboxylic acids is 1. The van der Waals surface area contributed by atoms with Crippen LogP contribution in [0.15, 0.2) is 71.6 Å². The molecule has 0 bridgehead atoms. The van der Waals surface area contributed by atoms with Crippen molar-refractivity contribution in [1.29, 1.82) is 0 Å². The Bertz CT molecular complexity index is 1030. The number of ether oxygens (including phenoxy) is 1. The van der Waals surface area contributed by atoms with Gasteiger partial charge in [0.1, 0.15) is 0 Å². The molecule has 0 aliphatic heterocycles. The topological polar surface area (TPSA) is 82.5 Å². The van der Waals surface area contributed by atoms with Gasteiger partial charge in [-0.3, -0.25) is 0 Å². The summed E-state index contributed by atoms with van der Waals surface area (Å²) in [5.74, 6) is -1.11. The molecule has 162 valence electrons. The number of benzene rings is 2. The summed E-state index contributed by atoms with van der Waals surface area (Å²) in [6.07, 6.45) is 0.568. The summed E-state index contributed by atoms with van der Waals surface area (Å²) in [6, 6.07) is 19.5. The van der Waals surface area contributed by atoms with E-state index in [0.717, 1.165) is 5.56 Å². The Kier molecular flexibility index (Phi) is 7.97. The molecule has 0 aliphatic rings. The second-order valence-electron chi connectivity index (χ2n) is 6.98. The van der Waals surface area contributed by atoms with E-state index in [2.05, 4.69) is 4.98 Å². The fraction of sp³-hybridized carbons (Fsp3) is 0.217. The van der Waals surface area contributed by atoms with Gasteiger partial charge < -0.3 is 14.4 Å². The third-order valence-electron chi connectivity index (χ3n) is 4.75. The molecule has 31 heavy (non-hydrogen) atoms. The molecule has 1 N–H and O–H groups in total. The van der Waals surface area contributed by atoms with Crippen LogP contribution < -0.4 is 0 Å². The summed E-state index contributed by atoms with van der Waals surface area (Å²) in [5, 5.41) is 10.5. The van der Waals surface area contributed by atoms with Gasteiger partial charge in [0.25, 0.3) is 0 Å². The van der Waals surface area contributed by atoms with Crippen molar-refractivity contribution in [3.05, 3.63) is 93.7 Å². The number of hydrogen-bond donors (Lipinski definition) is 1. The molecule has 1 aromatic heterocycles. The van der Waals surface area contributed by atoms with Crippen LogP contribution in [0.4, 0.5) is 0 Å². The fourth-order valence-corrected chi connectivity index (χ4v) is 5.05. The number of nitrogens with zero attached hydrogens (tertiary/aromatic N) is 1. The van der Waals surface area contributed by atoms with E-state index in [1.807, 2.05) is 30.3 Å². The highest BCUT2D eigenvalue weighted by molar-refractivity contribution is 7.90. The second-order valence-corrected chi connectivity index (χ2v) is 9.18. The van der Waals surface area contributed by atoms with Crippen molar-refractivity contribution >= 4 is 40.3 Å². The molecule has 1 heterocycles. The first-order chi connectivity index (χ1) is 14.8. The molecule has 0 amide bonds. The zero-order valence-corrected chi connectivity index (χ0v) is 19.1. The lowest BCUT2D eigenvalue weighted by molar-refractivity contribution is -0.165. The Morgan fingerprint density at radius 3 is 2.35 bits per heavy atom. The fourth-order valence-electron chi connectivity index (χ4n) is 3.00. The van der Waals surface area contributed by atoms with Crippen LogP contribution >= 0.6 is 23.2 Å². The van der Waals surface area contributed by atoms with E-state index in [1.54, 1.807) is 36.4 Å².